The van der Waals surface area contributed by atoms with E-state index in [4.69, 9.17) is 5.73 Å². The van der Waals surface area contributed by atoms with Gasteiger partial charge in [-0.2, -0.15) is 0 Å². The molecule has 0 aliphatic rings. The number of nitrogens with zero attached hydrogens (tertiary/aromatic N) is 1. The third-order valence-electron chi connectivity index (χ3n) is 3.32. The van der Waals surface area contributed by atoms with Gasteiger partial charge in [0.25, 0.3) is 0 Å². The Balaban J connectivity index is 2.36. The molecule has 0 saturated heterocycles. The zero-order valence-electron chi connectivity index (χ0n) is 12.3. The summed E-state index contributed by atoms with van der Waals surface area (Å²) in [5, 5.41) is 9.59. The molecular weight excluding hydrogens is 264 g/mol. The maximum Gasteiger partial charge on any atom is 0.248 e. The van der Waals surface area contributed by atoms with Crippen molar-refractivity contribution < 1.29 is 9.90 Å². The van der Waals surface area contributed by atoms with Gasteiger partial charge in [-0.25, -0.2) is 0 Å². The number of aliphatic hydroxyl groups is 1. The van der Waals surface area contributed by atoms with Gasteiger partial charge in [0.15, 0.2) is 0 Å². The predicted molar refractivity (Wildman–Crippen MR) is 83.7 cm³/mol. The van der Waals surface area contributed by atoms with Gasteiger partial charge in [-0.3, -0.25) is 4.79 Å². The van der Waals surface area contributed by atoms with Crippen LogP contribution in [0.4, 0.5) is 0 Å². The number of carbonyl (C=O) groups is 1. The van der Waals surface area contributed by atoms with Crippen molar-refractivity contribution in [2.24, 2.45) is 5.73 Å². The lowest BCUT2D eigenvalue weighted by molar-refractivity contribution is 0.100. The number of rotatable bonds is 5. The van der Waals surface area contributed by atoms with E-state index in [0.29, 0.717) is 5.56 Å². The van der Waals surface area contributed by atoms with Gasteiger partial charge in [0.1, 0.15) is 0 Å². The van der Waals surface area contributed by atoms with E-state index in [1.165, 1.54) is 0 Å². The Morgan fingerprint density at radius 1 is 1.14 bits per heavy atom. The lowest BCUT2D eigenvalue weighted by Crippen LogP contribution is -2.11. The minimum atomic E-state index is -0.440. The summed E-state index contributed by atoms with van der Waals surface area (Å²) in [7, 11) is 4.02. The lowest BCUT2D eigenvalue weighted by Gasteiger charge is -2.14. The van der Waals surface area contributed by atoms with E-state index in [1.807, 2.05) is 38.4 Å². The van der Waals surface area contributed by atoms with Crippen LogP contribution in [0.2, 0.25) is 0 Å². The third-order valence-corrected chi connectivity index (χ3v) is 3.32. The maximum absolute atomic E-state index is 11.1. The zero-order chi connectivity index (χ0) is 15.4. The molecule has 0 aliphatic heterocycles. The Labute approximate surface area is 124 Å². The maximum atomic E-state index is 11.1. The van der Waals surface area contributed by atoms with E-state index >= 15 is 0 Å². The molecule has 0 aromatic heterocycles. The minimum Gasteiger partial charge on any atom is -0.392 e. The molecule has 4 nitrogen and oxygen atoms in total. The summed E-state index contributed by atoms with van der Waals surface area (Å²) in [4.78, 5) is 13.2. The van der Waals surface area contributed by atoms with Crippen LogP contribution in [0, 0.1) is 0 Å². The van der Waals surface area contributed by atoms with Gasteiger partial charge >= 0.3 is 0 Å². The fourth-order valence-electron chi connectivity index (χ4n) is 2.34. The van der Waals surface area contributed by atoms with Crippen molar-refractivity contribution in [2.45, 2.75) is 13.2 Å². The van der Waals surface area contributed by atoms with Crippen LogP contribution >= 0.6 is 0 Å². The lowest BCUT2D eigenvalue weighted by atomic mass is 9.97. The topological polar surface area (TPSA) is 66.6 Å². The number of benzene rings is 2. The summed E-state index contributed by atoms with van der Waals surface area (Å²) in [5.74, 6) is -0.440. The average Bonchev–Trinajstić information content (AvgIpc) is 2.46. The predicted octanol–water partition coefficient (Wildman–Crippen LogP) is 2.01. The second-order valence-corrected chi connectivity index (χ2v) is 5.33. The fourth-order valence-corrected chi connectivity index (χ4v) is 2.34. The molecule has 0 heterocycles. The monoisotopic (exact) mass is 284 g/mol. The first-order chi connectivity index (χ1) is 10.0. The highest BCUT2D eigenvalue weighted by atomic mass is 16.3. The number of aliphatic hydroxyl groups excluding tert-OH is 1. The van der Waals surface area contributed by atoms with Crippen molar-refractivity contribution in [1.29, 1.82) is 0 Å². The van der Waals surface area contributed by atoms with Gasteiger partial charge in [0, 0.05) is 12.1 Å². The number of amides is 1. The summed E-state index contributed by atoms with van der Waals surface area (Å²) in [6, 6.07) is 13.2. The average molecular weight is 284 g/mol. The van der Waals surface area contributed by atoms with Crippen molar-refractivity contribution in [2.75, 3.05) is 14.1 Å². The van der Waals surface area contributed by atoms with Crippen LogP contribution in [-0.4, -0.2) is 30.0 Å². The van der Waals surface area contributed by atoms with Crippen LogP contribution < -0.4 is 5.73 Å². The van der Waals surface area contributed by atoms with E-state index in [1.54, 1.807) is 12.1 Å². The molecular formula is C17H20N2O2. The van der Waals surface area contributed by atoms with Gasteiger partial charge in [0.05, 0.1) is 6.61 Å². The van der Waals surface area contributed by atoms with Crippen LogP contribution in [0.25, 0.3) is 11.1 Å². The van der Waals surface area contributed by atoms with E-state index in [-0.39, 0.29) is 6.61 Å². The first-order valence-electron chi connectivity index (χ1n) is 6.79. The van der Waals surface area contributed by atoms with Crippen molar-refractivity contribution in [3.63, 3.8) is 0 Å². The Kier molecular flexibility index (Phi) is 4.73. The van der Waals surface area contributed by atoms with Crippen LogP contribution in [0.5, 0.6) is 0 Å². The molecule has 3 N–H and O–H groups in total. The molecule has 4 heteroatoms. The second kappa shape index (κ2) is 6.52. The molecule has 0 radical (unpaired) electrons. The highest BCUT2D eigenvalue weighted by Crippen LogP contribution is 2.25. The summed E-state index contributed by atoms with van der Waals surface area (Å²) >= 11 is 0. The SMILES string of the molecule is CN(C)Cc1ccc(-c2ccc(C(N)=O)cc2)c(CO)c1. The number of primary amides is 1. The first-order valence-corrected chi connectivity index (χ1v) is 6.79. The smallest absolute Gasteiger partial charge is 0.248 e. The summed E-state index contributed by atoms with van der Waals surface area (Å²) in [6.45, 7) is 0.808. The molecule has 0 aliphatic carbocycles. The highest BCUT2D eigenvalue weighted by molar-refractivity contribution is 5.93. The van der Waals surface area contributed by atoms with Gasteiger partial charge < -0.3 is 15.7 Å². The third kappa shape index (κ3) is 3.68. The molecule has 2 aromatic carbocycles. The molecule has 110 valence electrons. The molecule has 2 rings (SSSR count). The first kappa shape index (κ1) is 15.2. The van der Waals surface area contributed by atoms with Crippen molar-refractivity contribution in [3.05, 3.63) is 59.2 Å². The van der Waals surface area contributed by atoms with Crippen molar-refractivity contribution in [1.82, 2.24) is 4.90 Å². The van der Waals surface area contributed by atoms with E-state index in [9.17, 15) is 9.90 Å². The number of hydrogen-bond acceptors (Lipinski definition) is 3. The number of hydrogen-bond donors (Lipinski definition) is 2. The Hall–Kier alpha value is -2.17. The molecule has 0 spiro atoms. The molecule has 0 fully saturated rings. The Bertz CT molecular complexity index is 634. The zero-order valence-corrected chi connectivity index (χ0v) is 12.3. The minimum absolute atomic E-state index is 0.0197. The summed E-state index contributed by atoms with van der Waals surface area (Å²) < 4.78 is 0. The van der Waals surface area contributed by atoms with Gasteiger partial charge in [-0.05, 0) is 48.5 Å². The van der Waals surface area contributed by atoms with Crippen LogP contribution in [0.3, 0.4) is 0 Å². The Morgan fingerprint density at radius 3 is 2.33 bits per heavy atom. The molecule has 21 heavy (non-hydrogen) atoms. The summed E-state index contributed by atoms with van der Waals surface area (Å²) in [6.07, 6.45) is 0. The number of carbonyl (C=O) groups excluding carboxylic acids is 1. The van der Waals surface area contributed by atoms with Gasteiger partial charge in [-0.1, -0.05) is 30.3 Å². The van der Waals surface area contributed by atoms with Crippen molar-refractivity contribution in [3.8, 4) is 11.1 Å². The molecule has 0 bridgehead atoms. The Morgan fingerprint density at radius 2 is 1.81 bits per heavy atom. The van der Waals surface area contributed by atoms with Gasteiger partial charge in [0.2, 0.25) is 5.91 Å². The van der Waals surface area contributed by atoms with Crippen molar-refractivity contribution >= 4 is 5.91 Å². The highest BCUT2D eigenvalue weighted by Gasteiger charge is 2.07. The molecule has 0 saturated carbocycles. The molecule has 2 aromatic rings. The second-order valence-electron chi connectivity index (χ2n) is 5.33. The molecule has 0 unspecified atom stereocenters. The molecule has 0 atom stereocenters. The van der Waals surface area contributed by atoms with E-state index in [2.05, 4.69) is 11.0 Å². The summed E-state index contributed by atoms with van der Waals surface area (Å²) in [5.41, 5.74) is 9.68. The van der Waals surface area contributed by atoms with E-state index in [0.717, 1.165) is 28.8 Å². The standard InChI is InChI=1S/C17H20N2O2/c1-19(2)10-12-3-8-16(15(9-12)11-20)13-4-6-14(7-5-13)17(18)21/h3-9,20H,10-11H2,1-2H3,(H2,18,21). The number of nitrogens with two attached hydrogens (primary N) is 1. The van der Waals surface area contributed by atoms with E-state index < -0.39 is 5.91 Å². The van der Waals surface area contributed by atoms with Crippen LogP contribution in [0.15, 0.2) is 42.5 Å². The fraction of sp³-hybridized carbons (Fsp3) is 0.235. The quantitative estimate of drug-likeness (QED) is 0.882. The van der Waals surface area contributed by atoms with Crippen LogP contribution in [0.1, 0.15) is 21.5 Å². The van der Waals surface area contributed by atoms with Crippen LogP contribution in [-0.2, 0) is 13.2 Å². The normalized spacial score (nSPS) is 10.9. The largest absolute Gasteiger partial charge is 0.392 e. The van der Waals surface area contributed by atoms with Gasteiger partial charge in [-0.15, -0.1) is 0 Å². The molecule has 1 amide bonds.